The van der Waals surface area contributed by atoms with E-state index in [2.05, 4.69) is 4.74 Å². The lowest BCUT2D eigenvalue weighted by molar-refractivity contribution is -0.142. The monoisotopic (exact) mass is 224 g/mol. The summed E-state index contributed by atoms with van der Waals surface area (Å²) in [5.41, 5.74) is 12.8. The molecule has 0 aliphatic carbocycles. The molecule has 0 aliphatic rings. The predicted octanol–water partition coefficient (Wildman–Crippen LogP) is 0.320. The van der Waals surface area contributed by atoms with Gasteiger partial charge >= 0.3 is 5.97 Å². The molecule has 0 aliphatic heterocycles. The van der Waals surface area contributed by atoms with Gasteiger partial charge in [-0.3, -0.25) is 4.79 Å². The Morgan fingerprint density at radius 2 is 2.12 bits per heavy atom. The van der Waals surface area contributed by atoms with Gasteiger partial charge in [0.1, 0.15) is 11.8 Å². The first-order valence-corrected chi connectivity index (χ1v) is 4.84. The van der Waals surface area contributed by atoms with Crippen LogP contribution in [0.15, 0.2) is 18.2 Å². The second-order valence-corrected chi connectivity index (χ2v) is 3.41. The molecule has 0 saturated heterocycles. The molecule has 0 unspecified atom stereocenters. The van der Waals surface area contributed by atoms with Gasteiger partial charge in [0.15, 0.2) is 0 Å². The van der Waals surface area contributed by atoms with Crippen LogP contribution in [0.1, 0.15) is 5.56 Å². The van der Waals surface area contributed by atoms with Gasteiger partial charge in [-0.25, -0.2) is 0 Å². The first-order valence-electron chi connectivity index (χ1n) is 4.84. The van der Waals surface area contributed by atoms with Crippen molar-refractivity contribution in [2.75, 3.05) is 20.0 Å². The number of nitrogen functional groups attached to an aromatic ring is 1. The molecule has 1 aromatic rings. The van der Waals surface area contributed by atoms with Crippen molar-refractivity contribution in [2.45, 2.75) is 12.5 Å². The zero-order valence-electron chi connectivity index (χ0n) is 9.40. The van der Waals surface area contributed by atoms with E-state index in [0.29, 0.717) is 17.9 Å². The number of hydrogen-bond acceptors (Lipinski definition) is 5. The van der Waals surface area contributed by atoms with E-state index in [4.69, 9.17) is 16.2 Å². The van der Waals surface area contributed by atoms with E-state index in [9.17, 15) is 4.79 Å². The third-order valence-corrected chi connectivity index (χ3v) is 2.25. The average Bonchev–Trinajstić information content (AvgIpc) is 2.28. The molecule has 0 spiro atoms. The highest BCUT2D eigenvalue weighted by atomic mass is 16.5. The number of rotatable bonds is 4. The van der Waals surface area contributed by atoms with Crippen molar-refractivity contribution >= 4 is 11.7 Å². The maximum absolute atomic E-state index is 11.1. The first-order chi connectivity index (χ1) is 7.58. The molecule has 5 heteroatoms. The van der Waals surface area contributed by atoms with Gasteiger partial charge in [-0.1, -0.05) is 6.07 Å². The summed E-state index contributed by atoms with van der Waals surface area (Å²) in [5, 5.41) is 0. The van der Waals surface area contributed by atoms with Crippen LogP contribution in [0, 0.1) is 0 Å². The number of anilines is 1. The van der Waals surface area contributed by atoms with Gasteiger partial charge in [0.2, 0.25) is 0 Å². The van der Waals surface area contributed by atoms with Gasteiger partial charge in [0.25, 0.3) is 0 Å². The molecule has 5 nitrogen and oxygen atoms in total. The van der Waals surface area contributed by atoms with Crippen molar-refractivity contribution in [3.63, 3.8) is 0 Å². The van der Waals surface area contributed by atoms with E-state index in [0.717, 1.165) is 5.56 Å². The van der Waals surface area contributed by atoms with Crippen LogP contribution in [0.2, 0.25) is 0 Å². The number of ether oxygens (including phenoxy) is 2. The maximum Gasteiger partial charge on any atom is 0.322 e. The molecule has 0 heterocycles. The van der Waals surface area contributed by atoms with Crippen molar-refractivity contribution in [3.05, 3.63) is 23.8 Å². The number of carbonyl (C=O) groups is 1. The number of nitrogens with two attached hydrogens (primary N) is 2. The fourth-order valence-corrected chi connectivity index (χ4v) is 1.40. The smallest absolute Gasteiger partial charge is 0.322 e. The normalized spacial score (nSPS) is 11.9. The Balaban J connectivity index is 2.75. The molecule has 0 aromatic heterocycles. The Labute approximate surface area is 94.3 Å². The summed E-state index contributed by atoms with van der Waals surface area (Å²) in [7, 11) is 2.86. The average molecular weight is 224 g/mol. The molecule has 4 N–H and O–H groups in total. The third kappa shape index (κ3) is 2.87. The summed E-state index contributed by atoms with van der Waals surface area (Å²) in [6, 6.07) is 4.63. The molecule has 0 fully saturated rings. The van der Waals surface area contributed by atoms with E-state index in [1.165, 1.54) is 7.11 Å². The zero-order chi connectivity index (χ0) is 12.1. The van der Waals surface area contributed by atoms with Crippen LogP contribution in [0.25, 0.3) is 0 Å². The quantitative estimate of drug-likeness (QED) is 0.568. The summed E-state index contributed by atoms with van der Waals surface area (Å²) >= 11 is 0. The minimum atomic E-state index is -0.669. The fraction of sp³-hybridized carbons (Fsp3) is 0.364. The van der Waals surface area contributed by atoms with E-state index in [1.807, 2.05) is 6.07 Å². The van der Waals surface area contributed by atoms with E-state index >= 15 is 0 Å². The molecular weight excluding hydrogens is 208 g/mol. The van der Waals surface area contributed by atoms with Crippen LogP contribution in [-0.2, 0) is 16.0 Å². The first kappa shape index (κ1) is 12.3. The minimum absolute atomic E-state index is 0.390. The Bertz CT molecular complexity index is 379. The van der Waals surface area contributed by atoms with Crippen molar-refractivity contribution < 1.29 is 14.3 Å². The second kappa shape index (κ2) is 5.37. The summed E-state index contributed by atoms with van der Waals surface area (Å²) in [6.07, 6.45) is 0.390. The Morgan fingerprint density at radius 3 is 2.62 bits per heavy atom. The van der Waals surface area contributed by atoms with Crippen molar-refractivity contribution in [1.29, 1.82) is 0 Å². The molecule has 1 atom stereocenters. The topological polar surface area (TPSA) is 87.6 Å². The van der Waals surface area contributed by atoms with Crippen LogP contribution >= 0.6 is 0 Å². The molecule has 88 valence electrons. The highest BCUT2D eigenvalue weighted by Crippen LogP contribution is 2.22. The summed E-state index contributed by atoms with van der Waals surface area (Å²) < 4.78 is 9.57. The number of hydrogen-bond donors (Lipinski definition) is 2. The predicted molar refractivity (Wildman–Crippen MR) is 61.1 cm³/mol. The fourth-order valence-electron chi connectivity index (χ4n) is 1.40. The van der Waals surface area contributed by atoms with E-state index < -0.39 is 12.0 Å². The van der Waals surface area contributed by atoms with Crippen LogP contribution in [0.3, 0.4) is 0 Å². The van der Waals surface area contributed by atoms with Crippen LogP contribution in [0.5, 0.6) is 5.75 Å². The minimum Gasteiger partial charge on any atom is -0.495 e. The lowest BCUT2D eigenvalue weighted by Crippen LogP contribution is -2.33. The maximum atomic E-state index is 11.1. The second-order valence-electron chi connectivity index (χ2n) is 3.41. The Kier molecular flexibility index (Phi) is 4.13. The molecule has 1 rings (SSSR count). The zero-order valence-corrected chi connectivity index (χ0v) is 9.40. The van der Waals surface area contributed by atoms with Crippen molar-refractivity contribution in [1.82, 2.24) is 0 Å². The third-order valence-electron chi connectivity index (χ3n) is 2.25. The Morgan fingerprint density at radius 1 is 1.44 bits per heavy atom. The number of esters is 1. The lowest BCUT2D eigenvalue weighted by Gasteiger charge is -2.11. The van der Waals surface area contributed by atoms with Gasteiger partial charge in [0, 0.05) is 0 Å². The highest BCUT2D eigenvalue weighted by Gasteiger charge is 2.14. The number of methoxy groups -OCH3 is 2. The SMILES string of the molecule is COC(=O)[C@@H](N)Cc1ccc(OC)c(N)c1. The van der Waals surface area contributed by atoms with Gasteiger partial charge < -0.3 is 20.9 Å². The van der Waals surface area contributed by atoms with Gasteiger partial charge in [-0.2, -0.15) is 0 Å². The summed E-state index contributed by atoms with van der Waals surface area (Å²) in [4.78, 5) is 11.1. The van der Waals surface area contributed by atoms with Gasteiger partial charge in [-0.05, 0) is 24.1 Å². The molecule has 16 heavy (non-hydrogen) atoms. The van der Waals surface area contributed by atoms with E-state index in [-0.39, 0.29) is 0 Å². The molecular formula is C11H16N2O3. The largest absolute Gasteiger partial charge is 0.495 e. The molecule has 0 amide bonds. The van der Waals surface area contributed by atoms with Crippen LogP contribution in [-0.4, -0.2) is 26.2 Å². The Hall–Kier alpha value is -1.75. The van der Waals surface area contributed by atoms with E-state index in [1.54, 1.807) is 19.2 Å². The molecule has 0 saturated carbocycles. The van der Waals surface area contributed by atoms with Crippen molar-refractivity contribution in [2.24, 2.45) is 5.73 Å². The molecule has 0 bridgehead atoms. The lowest BCUT2D eigenvalue weighted by atomic mass is 10.1. The number of carbonyl (C=O) groups excluding carboxylic acids is 1. The molecule has 1 aromatic carbocycles. The van der Waals surface area contributed by atoms with Gasteiger partial charge in [-0.15, -0.1) is 0 Å². The summed E-state index contributed by atoms with van der Waals surface area (Å²) in [6.45, 7) is 0. The number of benzene rings is 1. The highest BCUT2D eigenvalue weighted by molar-refractivity contribution is 5.75. The summed E-state index contributed by atoms with van der Waals surface area (Å²) in [5.74, 6) is 0.171. The van der Waals surface area contributed by atoms with Crippen molar-refractivity contribution in [3.8, 4) is 5.75 Å². The molecule has 0 radical (unpaired) electrons. The van der Waals surface area contributed by atoms with Crippen LogP contribution in [0.4, 0.5) is 5.69 Å². The van der Waals surface area contributed by atoms with Crippen LogP contribution < -0.4 is 16.2 Å². The standard InChI is InChI=1S/C11H16N2O3/c1-15-10-4-3-7(5-8(10)12)6-9(13)11(14)16-2/h3-5,9H,6,12-13H2,1-2H3/t9-/m0/s1. The van der Waals surface area contributed by atoms with Gasteiger partial charge in [0.05, 0.1) is 19.9 Å².